The van der Waals surface area contributed by atoms with E-state index in [1.807, 2.05) is 4.90 Å². The predicted molar refractivity (Wildman–Crippen MR) is 88.3 cm³/mol. The molecule has 1 atom stereocenters. The Kier molecular flexibility index (Phi) is 5.33. The average molecular weight is 371 g/mol. The molecule has 2 heterocycles. The van der Waals surface area contributed by atoms with Crippen LogP contribution >= 0.6 is 0 Å². The summed E-state index contributed by atoms with van der Waals surface area (Å²) in [6, 6.07) is 4.94. The monoisotopic (exact) mass is 371 g/mol. The topological polar surface area (TPSA) is 73.7 Å². The Hall–Kier alpha value is -2.33. The van der Waals surface area contributed by atoms with Gasteiger partial charge in [-0.05, 0) is 17.7 Å². The van der Waals surface area contributed by atoms with Crippen LogP contribution < -0.4 is 10.6 Å². The van der Waals surface area contributed by atoms with Crippen LogP contribution in [0.4, 0.5) is 13.2 Å². The van der Waals surface area contributed by atoms with Crippen LogP contribution in [-0.2, 0) is 12.7 Å². The normalized spacial score (nSPS) is 22.2. The SMILES string of the molecule is O=[N+]([O-])[C@H]1CN(Cc2ccc(C(F)(F)F)cc2)CCN1CC1NC=CN1. The van der Waals surface area contributed by atoms with Gasteiger partial charge >= 0.3 is 6.18 Å². The Bertz CT molecular complexity index is 657. The molecule has 1 fully saturated rings. The van der Waals surface area contributed by atoms with Gasteiger partial charge in [-0.2, -0.15) is 13.2 Å². The Morgan fingerprint density at radius 2 is 1.81 bits per heavy atom. The van der Waals surface area contributed by atoms with Crippen molar-refractivity contribution in [1.82, 2.24) is 20.4 Å². The molecule has 10 heteroatoms. The predicted octanol–water partition coefficient (Wildman–Crippen LogP) is 1.42. The Morgan fingerprint density at radius 1 is 1.15 bits per heavy atom. The minimum Gasteiger partial charge on any atom is -0.369 e. The number of rotatable bonds is 5. The van der Waals surface area contributed by atoms with E-state index in [0.29, 0.717) is 31.7 Å². The molecule has 142 valence electrons. The Balaban J connectivity index is 1.59. The third-order valence-electron chi connectivity index (χ3n) is 4.57. The highest BCUT2D eigenvalue weighted by Crippen LogP contribution is 2.29. The largest absolute Gasteiger partial charge is 0.416 e. The number of benzene rings is 1. The zero-order valence-corrected chi connectivity index (χ0v) is 13.9. The van der Waals surface area contributed by atoms with Crippen molar-refractivity contribution in [1.29, 1.82) is 0 Å². The zero-order valence-electron chi connectivity index (χ0n) is 13.9. The number of alkyl halides is 3. The maximum atomic E-state index is 12.6. The van der Waals surface area contributed by atoms with E-state index in [1.165, 1.54) is 12.1 Å². The second-order valence-corrected chi connectivity index (χ2v) is 6.41. The first kappa shape index (κ1) is 18.5. The number of piperazine rings is 1. The van der Waals surface area contributed by atoms with Crippen LogP contribution in [0.1, 0.15) is 11.1 Å². The molecule has 1 saturated heterocycles. The second-order valence-electron chi connectivity index (χ2n) is 6.41. The van der Waals surface area contributed by atoms with Gasteiger partial charge in [0.05, 0.1) is 12.1 Å². The van der Waals surface area contributed by atoms with E-state index < -0.39 is 17.9 Å². The fourth-order valence-corrected chi connectivity index (χ4v) is 3.19. The number of hydrogen-bond acceptors (Lipinski definition) is 6. The first-order valence-electron chi connectivity index (χ1n) is 8.26. The molecule has 0 amide bonds. The number of halogens is 3. The lowest BCUT2D eigenvalue weighted by molar-refractivity contribution is -0.555. The van der Waals surface area contributed by atoms with Crippen molar-refractivity contribution in [2.75, 3.05) is 26.2 Å². The molecule has 0 saturated carbocycles. The maximum absolute atomic E-state index is 12.6. The summed E-state index contributed by atoms with van der Waals surface area (Å²) < 4.78 is 37.9. The van der Waals surface area contributed by atoms with Gasteiger partial charge in [0.1, 0.15) is 6.17 Å². The summed E-state index contributed by atoms with van der Waals surface area (Å²) in [5, 5.41) is 17.6. The summed E-state index contributed by atoms with van der Waals surface area (Å²) in [5.41, 5.74) is 0.0104. The minimum absolute atomic E-state index is 0.0566. The summed E-state index contributed by atoms with van der Waals surface area (Å²) >= 11 is 0. The first-order chi connectivity index (χ1) is 12.3. The van der Waals surface area contributed by atoms with Crippen LogP contribution in [0.2, 0.25) is 0 Å². The third-order valence-corrected chi connectivity index (χ3v) is 4.57. The second kappa shape index (κ2) is 7.50. The molecule has 0 bridgehead atoms. The van der Waals surface area contributed by atoms with Gasteiger partial charge in [-0.3, -0.25) is 15.0 Å². The molecular weight excluding hydrogens is 351 g/mol. The molecule has 7 nitrogen and oxygen atoms in total. The van der Waals surface area contributed by atoms with E-state index in [2.05, 4.69) is 10.6 Å². The number of hydrogen-bond donors (Lipinski definition) is 2. The van der Waals surface area contributed by atoms with Crippen LogP contribution in [0, 0.1) is 10.1 Å². The molecule has 3 rings (SSSR count). The van der Waals surface area contributed by atoms with Crippen LogP contribution in [0.25, 0.3) is 0 Å². The quantitative estimate of drug-likeness (QED) is 0.602. The van der Waals surface area contributed by atoms with E-state index in [4.69, 9.17) is 0 Å². The van der Waals surface area contributed by atoms with Crippen LogP contribution in [-0.4, -0.2) is 53.2 Å². The summed E-state index contributed by atoms with van der Waals surface area (Å²) in [7, 11) is 0. The van der Waals surface area contributed by atoms with Gasteiger partial charge in [0, 0.05) is 43.5 Å². The lowest BCUT2D eigenvalue weighted by Gasteiger charge is -2.37. The Labute approximate surface area is 148 Å². The summed E-state index contributed by atoms with van der Waals surface area (Å²) in [6.45, 7) is 2.25. The smallest absolute Gasteiger partial charge is 0.369 e. The Morgan fingerprint density at radius 3 is 2.38 bits per heavy atom. The van der Waals surface area contributed by atoms with Crippen molar-refractivity contribution in [3.8, 4) is 0 Å². The first-order valence-corrected chi connectivity index (χ1v) is 8.26. The highest BCUT2D eigenvalue weighted by Gasteiger charge is 2.36. The minimum atomic E-state index is -4.36. The molecule has 0 unspecified atom stereocenters. The molecule has 26 heavy (non-hydrogen) atoms. The molecule has 0 aliphatic carbocycles. The van der Waals surface area contributed by atoms with Crippen molar-refractivity contribution >= 4 is 0 Å². The van der Waals surface area contributed by atoms with E-state index in [0.717, 1.165) is 12.1 Å². The van der Waals surface area contributed by atoms with Gasteiger partial charge in [0.2, 0.25) is 0 Å². The lowest BCUT2D eigenvalue weighted by Crippen LogP contribution is -2.59. The fraction of sp³-hybridized carbons (Fsp3) is 0.500. The standard InChI is InChI=1S/C16H20F3N5O2/c17-16(18,19)13-3-1-12(2-4-13)9-22-7-8-23(15(11-22)24(25)26)10-14-20-5-6-21-14/h1-6,14-15,20-21H,7-11H2/t15-/m0/s1. The van der Waals surface area contributed by atoms with Crippen molar-refractivity contribution in [2.45, 2.75) is 25.1 Å². The summed E-state index contributed by atoms with van der Waals surface area (Å²) in [5.74, 6) is 0. The van der Waals surface area contributed by atoms with E-state index in [1.54, 1.807) is 17.3 Å². The molecule has 0 radical (unpaired) electrons. The van der Waals surface area contributed by atoms with Gasteiger partial charge in [-0.25, -0.2) is 4.90 Å². The number of nitro groups is 1. The highest BCUT2D eigenvalue weighted by atomic mass is 19.4. The number of nitrogens with one attached hydrogen (secondary N) is 2. The number of nitrogens with zero attached hydrogens (tertiary/aromatic N) is 3. The zero-order chi connectivity index (χ0) is 18.7. The van der Waals surface area contributed by atoms with Gasteiger partial charge in [-0.1, -0.05) is 12.1 Å². The van der Waals surface area contributed by atoms with Crippen molar-refractivity contribution < 1.29 is 18.1 Å². The van der Waals surface area contributed by atoms with Gasteiger partial charge in [0.25, 0.3) is 6.17 Å². The van der Waals surface area contributed by atoms with E-state index in [9.17, 15) is 23.3 Å². The molecule has 0 spiro atoms. The van der Waals surface area contributed by atoms with Crippen molar-refractivity contribution in [3.05, 3.63) is 57.9 Å². The molecule has 0 aromatic heterocycles. The lowest BCUT2D eigenvalue weighted by atomic mass is 10.1. The third kappa shape index (κ3) is 4.44. The van der Waals surface area contributed by atoms with Crippen LogP contribution in [0.5, 0.6) is 0 Å². The highest BCUT2D eigenvalue weighted by molar-refractivity contribution is 5.24. The van der Waals surface area contributed by atoms with Gasteiger partial charge < -0.3 is 10.6 Å². The molecule has 2 aliphatic heterocycles. The summed E-state index contributed by atoms with van der Waals surface area (Å²) in [6.07, 6.45) is -1.75. The molecular formula is C16H20F3N5O2. The van der Waals surface area contributed by atoms with Crippen LogP contribution in [0.15, 0.2) is 36.7 Å². The fourth-order valence-electron chi connectivity index (χ4n) is 3.19. The molecule has 2 N–H and O–H groups in total. The van der Waals surface area contributed by atoms with Crippen molar-refractivity contribution in [2.24, 2.45) is 0 Å². The maximum Gasteiger partial charge on any atom is 0.416 e. The van der Waals surface area contributed by atoms with Crippen LogP contribution in [0.3, 0.4) is 0 Å². The van der Waals surface area contributed by atoms with E-state index in [-0.39, 0.29) is 17.6 Å². The molecule has 1 aromatic carbocycles. The summed E-state index contributed by atoms with van der Waals surface area (Å²) in [4.78, 5) is 14.9. The average Bonchev–Trinajstić information content (AvgIpc) is 3.09. The molecule has 1 aromatic rings. The molecule has 2 aliphatic rings. The van der Waals surface area contributed by atoms with Crippen molar-refractivity contribution in [3.63, 3.8) is 0 Å². The van der Waals surface area contributed by atoms with E-state index >= 15 is 0 Å². The van der Waals surface area contributed by atoms with Gasteiger partial charge in [0.15, 0.2) is 0 Å². The van der Waals surface area contributed by atoms with Gasteiger partial charge in [-0.15, -0.1) is 0 Å².